The molecule has 0 aliphatic rings. The second-order valence-electron chi connectivity index (χ2n) is 4.64. The molecular formula is C13H9F8N3. The van der Waals surface area contributed by atoms with Crippen molar-refractivity contribution in [2.45, 2.75) is 18.3 Å². The maximum Gasteiger partial charge on any atom is 0.459 e. The summed E-state index contributed by atoms with van der Waals surface area (Å²) in [5.41, 5.74) is -4.69. The molecule has 0 saturated carbocycles. The van der Waals surface area contributed by atoms with Gasteiger partial charge >= 0.3 is 18.3 Å². The number of aromatic nitrogens is 2. The van der Waals surface area contributed by atoms with Crippen LogP contribution in [0.25, 0.3) is 5.69 Å². The van der Waals surface area contributed by atoms with E-state index in [1.54, 1.807) is 0 Å². The van der Waals surface area contributed by atoms with Gasteiger partial charge in [-0.1, -0.05) is 18.2 Å². The largest absolute Gasteiger partial charge is 0.459 e. The fourth-order valence-electron chi connectivity index (χ4n) is 2.03. The lowest BCUT2D eigenvalue weighted by molar-refractivity contribution is -0.292. The van der Waals surface area contributed by atoms with Crippen LogP contribution in [0.3, 0.4) is 0 Å². The summed E-state index contributed by atoms with van der Waals surface area (Å²) in [6.45, 7) is 0. The van der Waals surface area contributed by atoms with Gasteiger partial charge in [0, 0.05) is 7.05 Å². The standard InChI is InChI=1S/C13H9F8N3/c1-22-10-8(12(16,17)18)9(11(14,15)13(19,20)21)23-24(10)7-5-3-2-4-6-7/h2-6,22H,1H3. The lowest BCUT2D eigenvalue weighted by Gasteiger charge is -2.19. The molecule has 0 spiro atoms. The number of benzene rings is 1. The highest BCUT2D eigenvalue weighted by molar-refractivity contribution is 5.55. The van der Waals surface area contributed by atoms with Crippen molar-refractivity contribution >= 4 is 5.82 Å². The van der Waals surface area contributed by atoms with E-state index in [-0.39, 0.29) is 5.69 Å². The maximum atomic E-state index is 13.6. The lowest BCUT2D eigenvalue weighted by atomic mass is 10.1. The molecule has 0 aliphatic carbocycles. The van der Waals surface area contributed by atoms with Gasteiger partial charge in [0.05, 0.1) is 5.69 Å². The van der Waals surface area contributed by atoms with Crippen LogP contribution in [0.15, 0.2) is 30.3 Å². The molecule has 0 saturated heterocycles. The molecule has 2 aromatic rings. The Kier molecular flexibility index (Phi) is 4.23. The molecule has 1 aromatic carbocycles. The number of nitrogens with one attached hydrogen (secondary N) is 1. The van der Waals surface area contributed by atoms with Crippen LogP contribution in [0.4, 0.5) is 40.9 Å². The Morgan fingerprint density at radius 2 is 1.46 bits per heavy atom. The van der Waals surface area contributed by atoms with Gasteiger partial charge in [-0.3, -0.25) is 0 Å². The second-order valence-corrected chi connectivity index (χ2v) is 4.64. The summed E-state index contributed by atoms with van der Waals surface area (Å²) < 4.78 is 105. The van der Waals surface area contributed by atoms with Gasteiger partial charge < -0.3 is 5.32 Å². The number of alkyl halides is 8. The number of hydrogen-bond donors (Lipinski definition) is 1. The summed E-state index contributed by atoms with van der Waals surface area (Å²) in [6, 6.07) is 6.64. The van der Waals surface area contributed by atoms with E-state index in [0.717, 1.165) is 7.05 Å². The predicted octanol–water partition coefficient (Wildman–Crippen LogP) is 4.59. The molecule has 0 atom stereocenters. The van der Waals surface area contributed by atoms with E-state index in [9.17, 15) is 35.1 Å². The predicted molar refractivity (Wildman–Crippen MR) is 68.1 cm³/mol. The van der Waals surface area contributed by atoms with Gasteiger partial charge in [-0.2, -0.15) is 40.2 Å². The van der Waals surface area contributed by atoms with Crippen LogP contribution < -0.4 is 5.32 Å². The molecule has 0 aliphatic heterocycles. The molecular weight excluding hydrogens is 350 g/mol. The number of nitrogens with zero attached hydrogens (tertiary/aromatic N) is 2. The van der Waals surface area contributed by atoms with Crippen molar-refractivity contribution in [2.75, 3.05) is 12.4 Å². The zero-order valence-corrected chi connectivity index (χ0v) is 11.8. The first kappa shape index (κ1) is 18.0. The van der Waals surface area contributed by atoms with Crippen LogP contribution in [0.2, 0.25) is 0 Å². The summed E-state index contributed by atoms with van der Waals surface area (Å²) in [4.78, 5) is 0. The second kappa shape index (κ2) is 5.64. The van der Waals surface area contributed by atoms with Gasteiger partial charge in [-0.15, -0.1) is 0 Å². The molecule has 1 aromatic heterocycles. The number of halogens is 8. The third-order valence-electron chi connectivity index (χ3n) is 3.06. The zero-order valence-electron chi connectivity index (χ0n) is 11.8. The third-order valence-corrected chi connectivity index (χ3v) is 3.06. The maximum absolute atomic E-state index is 13.6. The molecule has 2 rings (SSSR count). The van der Waals surface area contributed by atoms with Crippen molar-refractivity contribution in [3.63, 3.8) is 0 Å². The van der Waals surface area contributed by atoms with Gasteiger partial charge in [-0.05, 0) is 12.1 Å². The highest BCUT2D eigenvalue weighted by Crippen LogP contribution is 2.50. The monoisotopic (exact) mass is 359 g/mol. The zero-order chi connectivity index (χ0) is 18.3. The molecule has 24 heavy (non-hydrogen) atoms. The highest BCUT2D eigenvalue weighted by atomic mass is 19.4. The highest BCUT2D eigenvalue weighted by Gasteiger charge is 2.64. The van der Waals surface area contributed by atoms with Crippen LogP contribution in [0.1, 0.15) is 11.3 Å². The van der Waals surface area contributed by atoms with Crippen molar-refractivity contribution in [3.8, 4) is 5.69 Å². The Morgan fingerprint density at radius 3 is 1.88 bits per heavy atom. The average Bonchev–Trinajstić information content (AvgIpc) is 2.87. The molecule has 1 N–H and O–H groups in total. The minimum Gasteiger partial charge on any atom is -0.373 e. The normalized spacial score (nSPS) is 13.2. The fourth-order valence-corrected chi connectivity index (χ4v) is 2.03. The first-order valence-electron chi connectivity index (χ1n) is 6.29. The van der Waals surface area contributed by atoms with Crippen LogP contribution in [0, 0.1) is 0 Å². The van der Waals surface area contributed by atoms with E-state index in [1.165, 1.54) is 30.3 Å². The Labute approximate surface area is 129 Å². The smallest absolute Gasteiger partial charge is 0.373 e. The van der Waals surface area contributed by atoms with Crippen molar-refractivity contribution < 1.29 is 35.1 Å². The number of anilines is 1. The minimum atomic E-state index is -6.23. The van der Waals surface area contributed by atoms with Gasteiger partial charge in [0.2, 0.25) is 0 Å². The van der Waals surface area contributed by atoms with Gasteiger partial charge in [0.25, 0.3) is 0 Å². The summed E-state index contributed by atoms with van der Waals surface area (Å²) >= 11 is 0. The van der Waals surface area contributed by atoms with Crippen LogP contribution >= 0.6 is 0 Å². The summed E-state index contributed by atoms with van der Waals surface area (Å²) in [6.07, 6.45) is -11.7. The SMILES string of the molecule is CNc1c(C(F)(F)F)c(C(F)(F)C(F)(F)F)nn1-c1ccccc1. The van der Waals surface area contributed by atoms with Gasteiger partial charge in [0.1, 0.15) is 11.4 Å². The number of para-hydroxylation sites is 1. The van der Waals surface area contributed by atoms with Crippen LogP contribution in [-0.4, -0.2) is 23.0 Å². The molecule has 11 heteroatoms. The number of hydrogen-bond acceptors (Lipinski definition) is 2. The Bertz CT molecular complexity index is 715. The summed E-state index contributed by atoms with van der Waals surface area (Å²) in [7, 11) is 0.960. The fraction of sp³-hybridized carbons (Fsp3) is 0.308. The molecule has 1 heterocycles. The van der Waals surface area contributed by atoms with Crippen LogP contribution in [0.5, 0.6) is 0 Å². The topological polar surface area (TPSA) is 29.9 Å². The average molecular weight is 359 g/mol. The minimum absolute atomic E-state index is 0.114. The van der Waals surface area contributed by atoms with Crippen molar-refractivity contribution in [3.05, 3.63) is 41.6 Å². The van der Waals surface area contributed by atoms with E-state index in [1.807, 2.05) is 5.32 Å². The van der Waals surface area contributed by atoms with E-state index in [0.29, 0.717) is 4.68 Å². The van der Waals surface area contributed by atoms with Gasteiger partial charge in [0.15, 0.2) is 5.69 Å². The van der Waals surface area contributed by atoms with Crippen molar-refractivity contribution in [1.82, 2.24) is 9.78 Å². The Morgan fingerprint density at radius 1 is 0.917 bits per heavy atom. The molecule has 0 unspecified atom stereocenters. The molecule has 0 radical (unpaired) electrons. The summed E-state index contributed by atoms with van der Waals surface area (Å²) in [5.74, 6) is -6.80. The third kappa shape index (κ3) is 2.89. The first-order chi connectivity index (χ1) is 10.9. The van der Waals surface area contributed by atoms with Gasteiger partial charge in [-0.25, -0.2) is 4.68 Å². The van der Waals surface area contributed by atoms with E-state index in [4.69, 9.17) is 0 Å². The summed E-state index contributed by atoms with van der Waals surface area (Å²) in [5, 5.41) is 4.91. The molecule has 3 nitrogen and oxygen atoms in total. The molecule has 132 valence electrons. The Balaban J connectivity index is 2.84. The molecule has 0 fully saturated rings. The Hall–Kier alpha value is -2.33. The number of rotatable bonds is 3. The van der Waals surface area contributed by atoms with Crippen molar-refractivity contribution in [1.29, 1.82) is 0 Å². The van der Waals surface area contributed by atoms with E-state index in [2.05, 4.69) is 5.10 Å². The molecule has 0 amide bonds. The first-order valence-corrected chi connectivity index (χ1v) is 6.29. The van der Waals surface area contributed by atoms with E-state index >= 15 is 0 Å². The molecule has 0 bridgehead atoms. The van der Waals surface area contributed by atoms with E-state index < -0.39 is 35.4 Å². The quantitative estimate of drug-likeness (QED) is 0.813. The lowest BCUT2D eigenvalue weighted by Crippen LogP contribution is -2.36. The van der Waals surface area contributed by atoms with Crippen molar-refractivity contribution in [2.24, 2.45) is 0 Å². The van der Waals surface area contributed by atoms with Crippen LogP contribution in [-0.2, 0) is 12.1 Å².